The number of fused-ring (bicyclic) bond motifs is 4. The Morgan fingerprint density at radius 1 is 0.288 bits per heavy atom. The molecule has 3 fully saturated rings. The summed E-state index contributed by atoms with van der Waals surface area (Å²) in [6.45, 7) is 26.0. The van der Waals surface area contributed by atoms with Gasteiger partial charge in [0.25, 0.3) is 0 Å². The third-order valence-electron chi connectivity index (χ3n) is 25.9. The number of amides is 1. The van der Waals surface area contributed by atoms with Crippen LogP contribution in [0.3, 0.4) is 0 Å². The number of carbonyl (C=O) groups is 1. The predicted molar refractivity (Wildman–Crippen MR) is 614 cm³/mol. The lowest BCUT2D eigenvalue weighted by Crippen LogP contribution is -2.76. The van der Waals surface area contributed by atoms with E-state index in [-0.39, 0.29) is 13.2 Å². The number of hydrogen-bond acceptors (Lipinski definition) is 22. The Balaban J connectivity index is 0.717. The van der Waals surface area contributed by atoms with Crippen LogP contribution in [0.1, 0.15) is 315 Å². The second-order valence-corrected chi connectivity index (χ2v) is 67.6. The summed E-state index contributed by atoms with van der Waals surface area (Å²) in [6, 6.07) is 55.0. The first-order valence-corrected chi connectivity index (χ1v) is 76.2. The molecule has 818 valence electrons. The molecule has 3 aliphatic rings. The van der Waals surface area contributed by atoms with Gasteiger partial charge in [0, 0.05) is 51.2 Å². The fraction of sp³-hybridized carbons (Fsp3) is 0.623. The lowest BCUT2D eigenvalue weighted by atomic mass is 10.1. The summed E-state index contributed by atoms with van der Waals surface area (Å²) in [5.41, 5.74) is 7.68. The van der Waals surface area contributed by atoms with Crippen molar-refractivity contribution in [1.29, 1.82) is 0 Å². The number of alkyl carbamates (subject to hydrolysis) is 1. The molecule has 1 N–H and O–H groups in total. The SMILES string of the molecule is CCCCCCCCCCOc1ccc(-c2ccc(OCCCCCCCCCOc3cc(COC(=O)NCC[SiH2]O[Si]45O[Si]6(C)O[Si](C)(C)O[Si](C)(C)O[Si](C)(O6)O[Si](C)(O4)OS(C)(C)OS(C)(C)O5)cc(OCCCCCCCCCOc4ccc(-c5ccc(OCCCCCCCCCC)cc5)cc4)c3OCCCCCCCCCOc3ccc(-c4ccc(OCCCCCCCCCC)cc4)cc3)cc2)cc1. The van der Waals surface area contributed by atoms with E-state index in [1.54, 1.807) is 13.1 Å². The summed E-state index contributed by atoms with van der Waals surface area (Å²) in [4.78, 5) is 13.9. The summed E-state index contributed by atoms with van der Waals surface area (Å²) < 4.78 is 139. The Hall–Kier alpha value is -6.21. The summed E-state index contributed by atoms with van der Waals surface area (Å²) in [6.07, 6.45) is 59.8. The van der Waals surface area contributed by atoms with Crippen LogP contribution in [0.2, 0.25) is 51.9 Å². The second-order valence-electron chi connectivity index (χ2n) is 41.4. The van der Waals surface area contributed by atoms with Gasteiger partial charge in [0.1, 0.15) is 41.1 Å². The largest absolute Gasteiger partial charge is 0.673 e. The Bertz CT molecular complexity index is 4540. The number of ether oxygens (including phenoxy) is 10. The van der Waals surface area contributed by atoms with Crippen LogP contribution in [0.15, 0.2) is 158 Å². The summed E-state index contributed by atoms with van der Waals surface area (Å²) >= 11 is 0. The smallest absolute Gasteiger partial charge is 0.494 e. The van der Waals surface area contributed by atoms with Gasteiger partial charge >= 0.3 is 58.7 Å². The zero-order valence-corrected chi connectivity index (χ0v) is 101. The summed E-state index contributed by atoms with van der Waals surface area (Å²) in [5.74, 6) is 7.18. The van der Waals surface area contributed by atoms with E-state index >= 15 is 0 Å². The highest BCUT2D eigenvalue weighted by Crippen LogP contribution is 2.64. The molecule has 4 unspecified atom stereocenters. The van der Waals surface area contributed by atoms with Crippen molar-refractivity contribution in [2.24, 2.45) is 0 Å². The lowest BCUT2D eigenvalue weighted by Gasteiger charge is -2.57. The van der Waals surface area contributed by atoms with Gasteiger partial charge in [-0.1, -0.05) is 325 Å². The van der Waals surface area contributed by atoms with E-state index in [0.29, 0.717) is 68.5 Å². The van der Waals surface area contributed by atoms with Gasteiger partial charge in [0.05, 0.1) is 59.5 Å². The van der Waals surface area contributed by atoms with Crippen molar-refractivity contribution < 1.29 is 96.5 Å². The molecule has 23 nitrogen and oxygen atoms in total. The van der Waals surface area contributed by atoms with Gasteiger partial charge in [0.15, 0.2) is 21.3 Å². The van der Waals surface area contributed by atoms with E-state index in [1.165, 1.54) is 135 Å². The fourth-order valence-corrected chi connectivity index (χ4v) is 59.8. The van der Waals surface area contributed by atoms with E-state index < -0.39 is 89.6 Å². The maximum absolute atomic E-state index is 13.9. The summed E-state index contributed by atoms with van der Waals surface area (Å²) in [7, 11) is -27.8. The number of nitrogens with one attached hydrogen (secondary N) is 1. The van der Waals surface area contributed by atoms with Crippen LogP contribution < -0.4 is 47.9 Å². The van der Waals surface area contributed by atoms with Crippen LogP contribution >= 0.6 is 21.2 Å². The van der Waals surface area contributed by atoms with Crippen molar-refractivity contribution in [3.8, 4) is 85.1 Å². The molecule has 32 heteroatoms. The molecular formula is C114H185NO22S2Si7. The van der Waals surface area contributed by atoms with E-state index in [1.807, 2.05) is 69.9 Å². The third-order valence-corrected chi connectivity index (χ3v) is 58.3. The standard InChI is InChI=1S/C114H185NO22S2Si7/c1-15-18-21-24-27-33-42-51-85-117-105-72-60-99(61-73-105)102-66-78-108(79-67-102)120-88-54-45-36-30-39-48-57-91-123-111-95-98(97-126-114(116)115-84-94-140-130-146-129-139(6,7)127-138(4,5)128-143(12,136-146)134-144(13)132-141(8,9)131-142(10,11)133-145(14,135-144)137-146)96-112(124-92-58-49-40-31-37-46-55-89-121-109-80-68-103(69-81-109)100-62-74-106(75-63-100)118-86-52-43-34-28-25-22-19-16-2)113(111)125-93-59-50-41-32-38-47-56-90-122-110-82-70-104(71-83-110)101-64-76-107(77-65-101)119-87-53-44-35-29-26-23-20-17-3/h60-83,95-96H,15-59,84-94,97,140H2,1-14H3,(H,115,116). The van der Waals surface area contributed by atoms with Crippen molar-refractivity contribution in [2.75, 3.05) is 91.0 Å². The quantitative estimate of drug-likeness (QED) is 0.0276. The first-order valence-electron chi connectivity index (χ1n) is 56.1. The highest BCUT2D eigenvalue weighted by Gasteiger charge is 2.71. The Labute approximate surface area is 892 Å². The van der Waals surface area contributed by atoms with Crippen molar-refractivity contribution in [2.45, 2.75) is 368 Å². The number of benzene rings is 7. The minimum Gasteiger partial charge on any atom is -0.494 e. The molecule has 3 aliphatic heterocycles. The Morgan fingerprint density at radius 3 is 0.829 bits per heavy atom. The van der Waals surface area contributed by atoms with Crippen LogP contribution in [0, 0.1) is 0 Å². The average Bonchev–Trinajstić information content (AvgIpc) is 0.726. The van der Waals surface area contributed by atoms with Gasteiger partial charge in [-0.25, -0.2) is 8.67 Å². The van der Waals surface area contributed by atoms with Crippen molar-refractivity contribution in [1.82, 2.24) is 5.32 Å². The highest BCUT2D eigenvalue weighted by atomic mass is 32.4. The van der Waals surface area contributed by atoms with Gasteiger partial charge in [0.2, 0.25) is 5.75 Å². The van der Waals surface area contributed by atoms with E-state index in [0.717, 1.165) is 242 Å². The first kappa shape index (κ1) is 122. The molecule has 0 radical (unpaired) electrons. The fourth-order valence-electron chi connectivity index (χ4n) is 18.8. The molecular weight excluding hydrogens is 2000 g/mol. The number of unbranched alkanes of at least 4 members (excludes halogenated alkanes) is 39. The molecule has 0 aromatic heterocycles. The van der Waals surface area contributed by atoms with Gasteiger partial charge in [-0.2, -0.15) is 24.8 Å². The van der Waals surface area contributed by atoms with Crippen LogP contribution in [-0.4, -0.2) is 159 Å². The van der Waals surface area contributed by atoms with E-state index in [4.69, 9.17) is 91.7 Å². The third kappa shape index (κ3) is 48.4. The second kappa shape index (κ2) is 66.7. The van der Waals surface area contributed by atoms with Crippen LogP contribution in [-0.2, 0) is 55.6 Å². The van der Waals surface area contributed by atoms with Crippen molar-refractivity contribution >= 4 is 89.6 Å². The molecule has 3 heterocycles. The molecule has 10 rings (SSSR count). The van der Waals surface area contributed by atoms with Crippen LogP contribution in [0.4, 0.5) is 4.79 Å². The maximum Gasteiger partial charge on any atom is 0.673 e. The highest BCUT2D eigenvalue weighted by molar-refractivity contribution is 8.37. The molecule has 0 saturated carbocycles. The predicted octanol–water partition coefficient (Wildman–Crippen LogP) is 32.1. The van der Waals surface area contributed by atoms with Crippen LogP contribution in [0.25, 0.3) is 33.4 Å². The number of carbonyl (C=O) groups excluding carboxylic acids is 1. The maximum atomic E-state index is 13.9. The van der Waals surface area contributed by atoms with Crippen molar-refractivity contribution in [3.63, 3.8) is 0 Å². The van der Waals surface area contributed by atoms with Gasteiger partial charge in [-0.05, 0) is 214 Å². The molecule has 0 spiro atoms. The van der Waals surface area contributed by atoms with Gasteiger partial charge in [-0.3, -0.25) is 3.87 Å². The monoisotopic (exact) mass is 2180 g/mol. The Kier molecular flexibility index (Phi) is 55.5. The Morgan fingerprint density at radius 2 is 0.534 bits per heavy atom. The first-order chi connectivity index (χ1) is 70.6. The minimum absolute atomic E-state index is 0.0502. The van der Waals surface area contributed by atoms with E-state index in [9.17, 15) is 4.79 Å². The van der Waals surface area contributed by atoms with E-state index in [2.05, 4.69) is 172 Å². The molecule has 4 bridgehead atoms. The van der Waals surface area contributed by atoms with Gasteiger partial charge < -0.3 is 85.6 Å². The molecule has 7 aromatic carbocycles. The molecule has 7 aromatic rings. The molecule has 3 saturated heterocycles. The molecule has 1 amide bonds. The average molecular weight is 2180 g/mol. The number of hydrogen-bond donors (Lipinski definition) is 1. The molecule has 0 aliphatic carbocycles. The lowest BCUT2D eigenvalue weighted by molar-refractivity contribution is 0.0429. The zero-order chi connectivity index (χ0) is 104. The molecule has 4 atom stereocenters. The zero-order valence-electron chi connectivity index (χ0n) is 91.8. The minimum atomic E-state index is -4.32. The number of rotatable bonds is 76. The summed E-state index contributed by atoms with van der Waals surface area (Å²) in [5, 5.41) is 2.98. The van der Waals surface area contributed by atoms with Gasteiger partial charge in [-0.15, -0.1) is 0 Å². The molecule has 146 heavy (non-hydrogen) atoms. The normalized spacial score (nSPS) is 19.3. The van der Waals surface area contributed by atoms with Crippen molar-refractivity contribution in [3.05, 3.63) is 163 Å². The van der Waals surface area contributed by atoms with Crippen LogP contribution in [0.5, 0.6) is 51.7 Å². The topological polar surface area (TPSA) is 223 Å².